The maximum atomic E-state index is 14.9. The monoisotopic (exact) mass is 804 g/mol. The third-order valence-electron chi connectivity index (χ3n) is 11.4. The Morgan fingerprint density at radius 2 is 1.00 bits per heavy atom. The smallest absolute Gasteiger partial charge is 0.308 e. The van der Waals surface area contributed by atoms with Gasteiger partial charge in [-0.25, -0.2) is 14.5 Å². The molecule has 0 aliphatic heterocycles. The number of rotatable bonds is 5. The molecule has 10 aromatic rings. The molecular weight excluding hydrogens is 778 g/mol. The van der Waals surface area contributed by atoms with Gasteiger partial charge in [-0.15, -0.1) is 0 Å². The Morgan fingerprint density at radius 3 is 1.58 bits per heavy atom. The van der Waals surface area contributed by atoms with Gasteiger partial charge in [-0.05, 0) is 100 Å². The number of hydrogen-bond acceptors (Lipinski definition) is 1. The molecule has 0 amide bonds. The number of fused-ring (bicyclic) bond motifs is 6. The summed E-state index contributed by atoms with van der Waals surface area (Å²) < 4.78 is 48.9. The van der Waals surface area contributed by atoms with Crippen LogP contribution in [0.2, 0.25) is 0 Å². The zero-order valence-electron chi connectivity index (χ0n) is 32.4. The molecule has 8 aromatic carbocycles. The Hall–Kier alpha value is -8.89. The van der Waals surface area contributed by atoms with Crippen molar-refractivity contribution < 1.29 is 13.2 Å². The average Bonchev–Trinajstić information content (AvgIpc) is 3.82. The van der Waals surface area contributed by atoms with E-state index in [1.54, 1.807) is 24.3 Å². The number of benzene rings is 8. The van der Waals surface area contributed by atoms with Crippen LogP contribution in [0.5, 0.6) is 0 Å². The van der Waals surface area contributed by atoms with Crippen molar-refractivity contribution in [3.8, 4) is 50.8 Å². The highest BCUT2D eigenvalue weighted by Gasteiger charge is 2.36. The summed E-state index contributed by atoms with van der Waals surface area (Å²) in [6.07, 6.45) is -4.82. The first-order chi connectivity index (χ1) is 30.2. The van der Waals surface area contributed by atoms with E-state index in [1.165, 1.54) is 12.1 Å². The van der Waals surface area contributed by atoms with E-state index in [2.05, 4.69) is 32.7 Å². The van der Waals surface area contributed by atoms with Crippen LogP contribution < -0.4 is 0 Å². The number of nitrogens with zero attached hydrogens (tertiary/aromatic N) is 6. The zero-order valence-corrected chi connectivity index (χ0v) is 32.4. The second-order valence-corrected chi connectivity index (χ2v) is 14.8. The molecule has 2 heterocycles. The summed E-state index contributed by atoms with van der Waals surface area (Å²) in [5, 5.41) is 13.2. The molecule has 0 saturated carbocycles. The van der Waals surface area contributed by atoms with Crippen molar-refractivity contribution in [2.24, 2.45) is 0 Å². The Labute approximate surface area is 353 Å². The van der Waals surface area contributed by atoms with Crippen molar-refractivity contribution in [1.82, 2.24) is 9.13 Å². The Bertz CT molecular complexity index is 3690. The predicted octanol–water partition coefficient (Wildman–Crippen LogP) is 15.4. The molecule has 9 heteroatoms. The summed E-state index contributed by atoms with van der Waals surface area (Å²) in [4.78, 5) is 11.0. The van der Waals surface area contributed by atoms with E-state index in [4.69, 9.17) is 19.7 Å². The third kappa shape index (κ3) is 5.93. The first-order valence-corrected chi connectivity index (χ1v) is 19.4. The lowest BCUT2D eigenvalue weighted by atomic mass is 9.94. The number of aromatic nitrogens is 2. The third-order valence-corrected chi connectivity index (χ3v) is 11.4. The van der Waals surface area contributed by atoms with Crippen LogP contribution in [0.1, 0.15) is 11.1 Å². The Balaban J connectivity index is 1.34. The number of hydrogen-bond donors (Lipinski definition) is 0. The maximum absolute atomic E-state index is 14.9. The minimum absolute atomic E-state index is 0.0170. The molecule has 0 fully saturated rings. The summed E-state index contributed by atoms with van der Waals surface area (Å²) in [7, 11) is 0. The van der Waals surface area contributed by atoms with Crippen molar-refractivity contribution in [1.29, 1.82) is 5.26 Å². The molecular formula is C53H27F3N6. The van der Waals surface area contributed by atoms with Crippen LogP contribution in [0, 0.1) is 31.0 Å². The van der Waals surface area contributed by atoms with E-state index in [0.29, 0.717) is 22.6 Å². The predicted molar refractivity (Wildman–Crippen MR) is 240 cm³/mol. The summed E-state index contributed by atoms with van der Waals surface area (Å²) in [6, 6.07) is 51.5. The summed E-state index contributed by atoms with van der Waals surface area (Å²) in [5.74, 6) is 0. The van der Waals surface area contributed by atoms with Gasteiger partial charge in [-0.2, -0.15) is 18.4 Å². The Kier molecular flexibility index (Phi) is 8.70. The van der Waals surface area contributed by atoms with Crippen LogP contribution in [0.15, 0.2) is 164 Å². The van der Waals surface area contributed by atoms with Crippen LogP contribution in [0.4, 0.5) is 30.2 Å². The molecule has 0 aliphatic rings. The number of alkyl halides is 3. The summed E-state index contributed by atoms with van der Waals surface area (Å²) >= 11 is 0. The first kappa shape index (κ1) is 37.4. The fraction of sp³-hybridized carbons (Fsp3) is 0.0189. The van der Waals surface area contributed by atoms with Gasteiger partial charge in [0.15, 0.2) is 17.1 Å². The average molecular weight is 805 g/mol. The van der Waals surface area contributed by atoms with Crippen LogP contribution >= 0.6 is 0 Å². The SMILES string of the molecule is [C-]#[N+]c1cccc(-c2ccc3c(c2)c2ccccc2n3-c2cc(-c3c([N+]#[C-])cccc3C(F)(F)F)c([N+]#[C-])cc2-n2c3ccccc3c3cc(-c4cccc(C#N)c4)ccc32)c1. The van der Waals surface area contributed by atoms with E-state index in [-0.39, 0.29) is 22.5 Å². The van der Waals surface area contributed by atoms with E-state index >= 15 is 0 Å². The van der Waals surface area contributed by atoms with Crippen LogP contribution in [-0.4, -0.2) is 9.13 Å². The van der Waals surface area contributed by atoms with Gasteiger partial charge in [-0.1, -0.05) is 97.1 Å². The molecule has 0 atom stereocenters. The van der Waals surface area contributed by atoms with Crippen molar-refractivity contribution in [2.75, 3.05) is 0 Å². The lowest BCUT2D eigenvalue weighted by Crippen LogP contribution is -2.08. The van der Waals surface area contributed by atoms with Crippen molar-refractivity contribution in [3.63, 3.8) is 0 Å². The largest absolute Gasteiger partial charge is 0.415 e. The number of para-hydroxylation sites is 2. The minimum Gasteiger partial charge on any atom is -0.308 e. The van der Waals surface area contributed by atoms with Crippen molar-refractivity contribution >= 4 is 60.7 Å². The lowest BCUT2D eigenvalue weighted by molar-refractivity contribution is -0.137. The quantitative estimate of drug-likeness (QED) is 0.160. The van der Waals surface area contributed by atoms with Crippen LogP contribution in [-0.2, 0) is 6.18 Å². The van der Waals surface area contributed by atoms with Gasteiger partial charge in [0.2, 0.25) is 0 Å². The first-order valence-electron chi connectivity index (χ1n) is 19.4. The van der Waals surface area contributed by atoms with E-state index in [1.807, 2.05) is 118 Å². The maximum Gasteiger partial charge on any atom is 0.415 e. The van der Waals surface area contributed by atoms with Gasteiger partial charge < -0.3 is 9.13 Å². The topological polar surface area (TPSA) is 46.7 Å². The number of nitriles is 1. The van der Waals surface area contributed by atoms with Gasteiger partial charge in [0.05, 0.1) is 70.4 Å². The van der Waals surface area contributed by atoms with Gasteiger partial charge in [0.1, 0.15) is 0 Å². The molecule has 62 heavy (non-hydrogen) atoms. The van der Waals surface area contributed by atoms with Gasteiger partial charge in [0.25, 0.3) is 0 Å². The van der Waals surface area contributed by atoms with Crippen molar-refractivity contribution in [2.45, 2.75) is 6.18 Å². The fourth-order valence-electron chi connectivity index (χ4n) is 8.72. The molecule has 10 rings (SSSR count). The summed E-state index contributed by atoms with van der Waals surface area (Å²) in [5.41, 5.74) is 7.04. The van der Waals surface area contributed by atoms with Gasteiger partial charge >= 0.3 is 6.18 Å². The lowest BCUT2D eigenvalue weighted by Gasteiger charge is -2.22. The normalized spacial score (nSPS) is 11.4. The van der Waals surface area contributed by atoms with Crippen LogP contribution in [0.25, 0.3) is 103 Å². The highest BCUT2D eigenvalue weighted by molar-refractivity contribution is 6.13. The molecule has 6 nitrogen and oxygen atoms in total. The standard InChI is InChI=1S/C53H27F3N6/c1-58-37-14-9-13-34(26-37)36-22-24-48-41(28-36)38-15-4-6-19-46(38)61(48)50-29-42(52-43(53(54,55)56)17-10-18-44(52)59-2)45(60-3)30-51(50)62-47-20-7-5-16-39(47)40-27-35(21-23-49(40)62)33-12-8-11-32(25-33)31-57/h4-30H. The van der Waals surface area contributed by atoms with E-state index < -0.39 is 11.7 Å². The minimum atomic E-state index is -4.82. The molecule has 0 N–H and O–H groups in total. The second kappa shape index (κ2) is 14.4. The summed E-state index contributed by atoms with van der Waals surface area (Å²) in [6.45, 7) is 24.0. The highest BCUT2D eigenvalue weighted by atomic mass is 19.4. The second-order valence-electron chi connectivity index (χ2n) is 14.8. The molecule has 2 aromatic heterocycles. The number of halogens is 3. The van der Waals surface area contributed by atoms with Gasteiger partial charge in [-0.3, -0.25) is 0 Å². The van der Waals surface area contributed by atoms with Crippen molar-refractivity contribution in [3.05, 3.63) is 209 Å². The molecule has 0 saturated heterocycles. The Morgan fingerprint density at radius 1 is 0.468 bits per heavy atom. The molecule has 0 unspecified atom stereocenters. The fourth-order valence-corrected chi connectivity index (χ4v) is 8.72. The van der Waals surface area contributed by atoms with Gasteiger partial charge in [0, 0.05) is 21.5 Å². The molecule has 0 radical (unpaired) electrons. The van der Waals surface area contributed by atoms with E-state index in [9.17, 15) is 18.4 Å². The molecule has 0 aliphatic carbocycles. The molecule has 0 bridgehead atoms. The molecule has 290 valence electrons. The zero-order chi connectivity index (χ0) is 42.7. The highest BCUT2D eigenvalue weighted by Crippen LogP contribution is 2.49. The van der Waals surface area contributed by atoms with Crippen LogP contribution in [0.3, 0.4) is 0 Å². The van der Waals surface area contributed by atoms with E-state index in [0.717, 1.165) is 71.9 Å². The molecule has 0 spiro atoms.